The van der Waals surface area contributed by atoms with Gasteiger partial charge in [0.05, 0.1) is 4.90 Å². The van der Waals surface area contributed by atoms with Crippen molar-refractivity contribution in [2.24, 2.45) is 17.1 Å². The highest BCUT2D eigenvalue weighted by Gasteiger charge is 2.39. The Balaban J connectivity index is 2.18. The molecule has 2 rings (SSSR count). The molecule has 0 spiro atoms. The van der Waals surface area contributed by atoms with Crippen LogP contribution in [0.2, 0.25) is 0 Å². The summed E-state index contributed by atoms with van der Waals surface area (Å²) in [5.74, 6) is -0.333. The Morgan fingerprint density at radius 3 is 2.40 bits per heavy atom. The largest absolute Gasteiger partial charge is 0.341 e. The molecule has 0 saturated carbocycles. The number of rotatable bonds is 6. The van der Waals surface area contributed by atoms with E-state index in [1.165, 1.54) is 0 Å². The molecular formula is C18H29N3O3S. The molecule has 1 aromatic carbocycles. The monoisotopic (exact) mass is 367 g/mol. The van der Waals surface area contributed by atoms with Crippen molar-refractivity contribution in [3.8, 4) is 0 Å². The van der Waals surface area contributed by atoms with Crippen LogP contribution in [0.1, 0.15) is 32.8 Å². The summed E-state index contributed by atoms with van der Waals surface area (Å²) in [6.45, 7) is 9.34. The minimum atomic E-state index is -3.75. The first-order chi connectivity index (χ1) is 11.6. The van der Waals surface area contributed by atoms with Crippen LogP contribution in [0.4, 0.5) is 0 Å². The highest BCUT2D eigenvalue weighted by Crippen LogP contribution is 2.29. The second kappa shape index (κ2) is 7.43. The van der Waals surface area contributed by atoms with Crippen molar-refractivity contribution in [1.82, 2.24) is 9.62 Å². The Bertz CT molecular complexity index is 716. The van der Waals surface area contributed by atoms with Crippen molar-refractivity contribution in [2.75, 3.05) is 19.6 Å². The van der Waals surface area contributed by atoms with Gasteiger partial charge in [0.15, 0.2) is 0 Å². The van der Waals surface area contributed by atoms with Gasteiger partial charge in [-0.3, -0.25) is 4.79 Å². The molecule has 1 aliphatic rings. The molecule has 1 fully saturated rings. The van der Waals surface area contributed by atoms with Crippen molar-refractivity contribution >= 4 is 15.9 Å². The number of nitrogens with zero attached hydrogens (tertiary/aromatic N) is 1. The number of hydrogen-bond acceptors (Lipinski definition) is 4. The Morgan fingerprint density at radius 2 is 1.92 bits per heavy atom. The number of sulfonamides is 1. The normalized spacial score (nSPS) is 22.4. The van der Waals surface area contributed by atoms with E-state index in [0.717, 1.165) is 12.0 Å². The number of hydrogen-bond donors (Lipinski definition) is 2. The summed E-state index contributed by atoms with van der Waals surface area (Å²) in [5, 5.41) is 0. The van der Waals surface area contributed by atoms with Crippen LogP contribution < -0.4 is 10.5 Å². The lowest BCUT2D eigenvalue weighted by Gasteiger charge is -2.28. The highest BCUT2D eigenvalue weighted by atomic mass is 32.2. The fourth-order valence-corrected chi connectivity index (χ4v) is 4.34. The molecule has 1 aliphatic heterocycles. The highest BCUT2D eigenvalue weighted by molar-refractivity contribution is 7.89. The third-order valence-corrected chi connectivity index (χ3v) is 6.37. The number of nitrogens with one attached hydrogen (secondary N) is 1. The van der Waals surface area contributed by atoms with E-state index in [0.29, 0.717) is 19.6 Å². The summed E-state index contributed by atoms with van der Waals surface area (Å²) in [6.07, 6.45) is 0.838. The van der Waals surface area contributed by atoms with Gasteiger partial charge >= 0.3 is 0 Å². The summed E-state index contributed by atoms with van der Waals surface area (Å²) in [5.41, 5.74) is 6.70. The maximum absolute atomic E-state index is 12.9. The summed E-state index contributed by atoms with van der Waals surface area (Å²) in [6, 6.07) is 5.82. The van der Waals surface area contributed by atoms with Crippen molar-refractivity contribution in [1.29, 1.82) is 0 Å². The Kier molecular flexibility index (Phi) is 5.91. The molecule has 3 N–H and O–H groups in total. The fraction of sp³-hybridized carbons (Fsp3) is 0.611. The van der Waals surface area contributed by atoms with Gasteiger partial charge in [-0.15, -0.1) is 0 Å². The first-order valence-corrected chi connectivity index (χ1v) is 10.1. The lowest BCUT2D eigenvalue weighted by Crippen LogP contribution is -2.51. The van der Waals surface area contributed by atoms with E-state index in [1.54, 1.807) is 29.2 Å². The van der Waals surface area contributed by atoms with Crippen LogP contribution in [-0.4, -0.2) is 44.9 Å². The quantitative estimate of drug-likeness (QED) is 0.797. The zero-order valence-corrected chi connectivity index (χ0v) is 16.3. The third kappa shape index (κ3) is 4.59. The van der Waals surface area contributed by atoms with E-state index in [2.05, 4.69) is 11.6 Å². The molecule has 0 aromatic heterocycles. The van der Waals surface area contributed by atoms with Gasteiger partial charge < -0.3 is 10.6 Å². The van der Waals surface area contributed by atoms with Crippen LogP contribution in [0.25, 0.3) is 0 Å². The fourth-order valence-electron chi connectivity index (χ4n) is 3.00. The minimum absolute atomic E-state index is 0.0903. The number of benzene rings is 1. The van der Waals surface area contributed by atoms with Crippen molar-refractivity contribution in [2.45, 2.75) is 45.1 Å². The molecule has 2 atom stereocenters. The average Bonchev–Trinajstić information content (AvgIpc) is 2.95. The molecule has 25 heavy (non-hydrogen) atoms. The SMILES string of the molecule is Cc1ccc(S(=O)(=O)NC(C(=O)N2CCC(C)(CN)C2)C(C)C)cc1. The van der Waals surface area contributed by atoms with Gasteiger partial charge in [-0.1, -0.05) is 38.5 Å². The molecular weight excluding hydrogens is 338 g/mol. The van der Waals surface area contributed by atoms with Gasteiger partial charge in [-0.05, 0) is 43.4 Å². The molecule has 0 radical (unpaired) electrons. The van der Waals surface area contributed by atoms with E-state index in [-0.39, 0.29) is 22.1 Å². The standard InChI is InChI=1S/C18H29N3O3S/c1-13(2)16(17(22)21-10-9-18(4,11-19)12-21)20-25(23,24)15-7-5-14(3)6-8-15/h5-8,13,16,20H,9-12,19H2,1-4H3. The lowest BCUT2D eigenvalue weighted by molar-refractivity contribution is -0.133. The second-order valence-corrected chi connectivity index (χ2v) is 9.39. The smallest absolute Gasteiger partial charge is 0.241 e. The topological polar surface area (TPSA) is 92.5 Å². The van der Waals surface area contributed by atoms with E-state index in [9.17, 15) is 13.2 Å². The van der Waals surface area contributed by atoms with Gasteiger partial charge in [0.25, 0.3) is 0 Å². The molecule has 0 aliphatic carbocycles. The molecule has 1 amide bonds. The van der Waals surface area contributed by atoms with Crippen molar-refractivity contribution in [3.63, 3.8) is 0 Å². The van der Waals surface area contributed by atoms with Crippen LogP contribution in [0, 0.1) is 18.3 Å². The first-order valence-electron chi connectivity index (χ1n) is 8.66. The minimum Gasteiger partial charge on any atom is -0.341 e. The number of nitrogens with two attached hydrogens (primary N) is 1. The lowest BCUT2D eigenvalue weighted by atomic mass is 9.90. The van der Waals surface area contributed by atoms with Crippen LogP contribution in [0.5, 0.6) is 0 Å². The van der Waals surface area contributed by atoms with Gasteiger partial charge in [0.1, 0.15) is 6.04 Å². The molecule has 1 aromatic rings. The maximum Gasteiger partial charge on any atom is 0.241 e. The summed E-state index contributed by atoms with van der Waals surface area (Å²) < 4.78 is 27.9. The Morgan fingerprint density at radius 1 is 1.32 bits per heavy atom. The molecule has 1 heterocycles. The number of carbonyl (C=O) groups is 1. The number of likely N-dealkylation sites (tertiary alicyclic amines) is 1. The summed E-state index contributed by atoms with van der Waals surface area (Å²) in [7, 11) is -3.75. The zero-order chi connectivity index (χ0) is 18.8. The van der Waals surface area contributed by atoms with Crippen LogP contribution in [0.3, 0.4) is 0 Å². The first kappa shape index (κ1) is 19.9. The van der Waals surface area contributed by atoms with Crippen LogP contribution >= 0.6 is 0 Å². The number of amides is 1. The van der Waals surface area contributed by atoms with Gasteiger partial charge in [0, 0.05) is 13.1 Å². The van der Waals surface area contributed by atoms with E-state index in [4.69, 9.17) is 5.73 Å². The molecule has 140 valence electrons. The Labute approximate surface area is 150 Å². The molecule has 2 unspecified atom stereocenters. The maximum atomic E-state index is 12.9. The molecule has 0 bridgehead atoms. The van der Waals surface area contributed by atoms with Gasteiger partial charge in [-0.2, -0.15) is 4.72 Å². The summed E-state index contributed by atoms with van der Waals surface area (Å²) >= 11 is 0. The predicted octanol–water partition coefficient (Wildman–Crippen LogP) is 1.50. The molecule has 7 heteroatoms. The van der Waals surface area contributed by atoms with Crippen molar-refractivity contribution < 1.29 is 13.2 Å². The molecule has 6 nitrogen and oxygen atoms in total. The van der Waals surface area contributed by atoms with E-state index >= 15 is 0 Å². The van der Waals surface area contributed by atoms with Crippen molar-refractivity contribution in [3.05, 3.63) is 29.8 Å². The number of carbonyl (C=O) groups excluding carboxylic acids is 1. The predicted molar refractivity (Wildman–Crippen MR) is 98.5 cm³/mol. The third-order valence-electron chi connectivity index (χ3n) is 4.91. The number of aryl methyl sites for hydroxylation is 1. The van der Waals surface area contributed by atoms with Crippen LogP contribution in [-0.2, 0) is 14.8 Å². The van der Waals surface area contributed by atoms with Crippen LogP contribution in [0.15, 0.2) is 29.2 Å². The Hall–Kier alpha value is -1.44. The zero-order valence-electron chi connectivity index (χ0n) is 15.5. The molecule has 1 saturated heterocycles. The summed E-state index contributed by atoms with van der Waals surface area (Å²) in [4.78, 5) is 14.8. The van der Waals surface area contributed by atoms with Gasteiger partial charge in [-0.25, -0.2) is 8.42 Å². The van der Waals surface area contributed by atoms with Gasteiger partial charge in [0.2, 0.25) is 15.9 Å². The average molecular weight is 368 g/mol. The van der Waals surface area contributed by atoms with E-state index < -0.39 is 16.1 Å². The second-order valence-electron chi connectivity index (χ2n) is 7.68. The van der Waals surface area contributed by atoms with E-state index in [1.807, 2.05) is 20.8 Å².